The standard InChI is InChI=1S/C14H22N2O3S2/c1-19-13-9-10(15)3-8-14(13)21(17,18)16-11-4-6-12(20-2)7-5-11/h3,8-9,11-12,16H,4-7,15H2,1-2H3. The van der Waals surface area contributed by atoms with Crippen molar-refractivity contribution in [2.24, 2.45) is 0 Å². The quantitative estimate of drug-likeness (QED) is 0.809. The van der Waals surface area contributed by atoms with Crippen molar-refractivity contribution in [3.63, 3.8) is 0 Å². The Kier molecular flexibility index (Phi) is 5.40. The molecule has 5 nitrogen and oxygen atoms in total. The van der Waals surface area contributed by atoms with E-state index >= 15 is 0 Å². The molecule has 1 aromatic carbocycles. The molecule has 2 rings (SSSR count). The van der Waals surface area contributed by atoms with Crippen LogP contribution in [0.5, 0.6) is 5.75 Å². The van der Waals surface area contributed by atoms with E-state index in [-0.39, 0.29) is 16.7 Å². The number of nitrogens with two attached hydrogens (primary N) is 1. The topological polar surface area (TPSA) is 81.4 Å². The molecular weight excluding hydrogens is 308 g/mol. The fraction of sp³-hybridized carbons (Fsp3) is 0.571. The first kappa shape index (κ1) is 16.5. The van der Waals surface area contributed by atoms with E-state index < -0.39 is 10.0 Å². The molecule has 0 atom stereocenters. The number of sulfonamides is 1. The summed E-state index contributed by atoms with van der Waals surface area (Å²) in [6.45, 7) is 0. The van der Waals surface area contributed by atoms with Gasteiger partial charge in [-0.15, -0.1) is 0 Å². The lowest BCUT2D eigenvalue weighted by molar-refractivity contribution is 0.398. The van der Waals surface area contributed by atoms with Gasteiger partial charge in [0.05, 0.1) is 7.11 Å². The third-order valence-electron chi connectivity index (χ3n) is 3.81. The third kappa shape index (κ3) is 4.05. The molecule has 1 aliphatic rings. The molecule has 0 unspecified atom stereocenters. The number of hydrogen-bond donors (Lipinski definition) is 2. The Morgan fingerprint density at radius 2 is 1.95 bits per heavy atom. The number of nitrogens with one attached hydrogen (secondary N) is 1. The molecular formula is C14H22N2O3S2. The van der Waals surface area contributed by atoms with Gasteiger partial charge in [0.2, 0.25) is 10.0 Å². The van der Waals surface area contributed by atoms with Crippen molar-refractivity contribution in [3.8, 4) is 5.75 Å². The molecule has 0 bridgehead atoms. The zero-order valence-corrected chi connectivity index (χ0v) is 14.0. The molecule has 1 aromatic rings. The summed E-state index contributed by atoms with van der Waals surface area (Å²) in [5.41, 5.74) is 6.14. The second-order valence-electron chi connectivity index (χ2n) is 5.24. The van der Waals surface area contributed by atoms with E-state index in [2.05, 4.69) is 11.0 Å². The van der Waals surface area contributed by atoms with Crippen molar-refractivity contribution in [2.75, 3.05) is 19.1 Å². The van der Waals surface area contributed by atoms with Gasteiger partial charge in [-0.2, -0.15) is 11.8 Å². The van der Waals surface area contributed by atoms with Gasteiger partial charge in [0.25, 0.3) is 0 Å². The minimum absolute atomic E-state index is 0.000610. The first-order valence-corrected chi connectivity index (χ1v) is 9.72. The highest BCUT2D eigenvalue weighted by molar-refractivity contribution is 7.99. The molecule has 7 heteroatoms. The van der Waals surface area contributed by atoms with Gasteiger partial charge in [-0.3, -0.25) is 0 Å². The normalized spacial score (nSPS) is 23.0. The van der Waals surface area contributed by atoms with Crippen LogP contribution in [0.2, 0.25) is 0 Å². The van der Waals surface area contributed by atoms with Gasteiger partial charge in [0, 0.05) is 23.0 Å². The van der Waals surface area contributed by atoms with Crippen LogP contribution < -0.4 is 15.2 Å². The molecule has 21 heavy (non-hydrogen) atoms. The Labute approximate surface area is 130 Å². The van der Waals surface area contributed by atoms with Crippen LogP contribution >= 0.6 is 11.8 Å². The molecule has 1 aliphatic carbocycles. The second-order valence-corrected chi connectivity index (χ2v) is 8.06. The van der Waals surface area contributed by atoms with Gasteiger partial charge in [0.15, 0.2) is 0 Å². The monoisotopic (exact) mass is 330 g/mol. The zero-order chi connectivity index (χ0) is 15.5. The van der Waals surface area contributed by atoms with Crippen molar-refractivity contribution >= 4 is 27.5 Å². The van der Waals surface area contributed by atoms with Crippen LogP contribution in [0, 0.1) is 0 Å². The van der Waals surface area contributed by atoms with E-state index in [9.17, 15) is 8.42 Å². The molecule has 0 amide bonds. The summed E-state index contributed by atoms with van der Waals surface area (Å²) < 4.78 is 32.9. The Morgan fingerprint density at radius 3 is 2.52 bits per heavy atom. The minimum atomic E-state index is -3.58. The molecule has 0 heterocycles. The lowest BCUT2D eigenvalue weighted by Crippen LogP contribution is -2.38. The first-order valence-electron chi connectivity index (χ1n) is 6.95. The number of rotatable bonds is 5. The number of hydrogen-bond acceptors (Lipinski definition) is 5. The lowest BCUT2D eigenvalue weighted by atomic mass is 9.96. The number of nitrogen functional groups attached to an aromatic ring is 1. The first-order chi connectivity index (χ1) is 9.96. The predicted molar refractivity (Wildman–Crippen MR) is 87.3 cm³/mol. The fourth-order valence-electron chi connectivity index (χ4n) is 2.61. The largest absolute Gasteiger partial charge is 0.495 e. The van der Waals surface area contributed by atoms with Crippen molar-refractivity contribution in [2.45, 2.75) is 41.9 Å². The fourth-order valence-corrected chi connectivity index (χ4v) is 4.80. The van der Waals surface area contributed by atoms with Crippen LogP contribution in [-0.2, 0) is 10.0 Å². The molecule has 0 aromatic heterocycles. The zero-order valence-electron chi connectivity index (χ0n) is 12.3. The predicted octanol–water partition coefficient (Wildman–Crippen LogP) is 2.23. The highest BCUT2D eigenvalue weighted by Gasteiger charge is 2.27. The van der Waals surface area contributed by atoms with Crippen LogP contribution in [0.15, 0.2) is 23.1 Å². The maximum absolute atomic E-state index is 12.5. The van der Waals surface area contributed by atoms with Crippen LogP contribution in [0.25, 0.3) is 0 Å². The van der Waals surface area contributed by atoms with Crippen molar-refractivity contribution < 1.29 is 13.2 Å². The van der Waals surface area contributed by atoms with Gasteiger partial charge in [0.1, 0.15) is 10.6 Å². The molecule has 0 aliphatic heterocycles. The number of ether oxygens (including phenoxy) is 1. The number of benzene rings is 1. The van der Waals surface area contributed by atoms with E-state index in [1.165, 1.54) is 19.2 Å². The van der Waals surface area contributed by atoms with Crippen LogP contribution in [0.4, 0.5) is 5.69 Å². The summed E-state index contributed by atoms with van der Waals surface area (Å²) in [5.74, 6) is 0.278. The average Bonchev–Trinajstić information content (AvgIpc) is 2.47. The highest BCUT2D eigenvalue weighted by atomic mass is 32.2. The minimum Gasteiger partial charge on any atom is -0.495 e. The molecule has 1 fully saturated rings. The lowest BCUT2D eigenvalue weighted by Gasteiger charge is -2.28. The highest BCUT2D eigenvalue weighted by Crippen LogP contribution is 2.30. The summed E-state index contributed by atoms with van der Waals surface area (Å²) in [4.78, 5) is 0.145. The van der Waals surface area contributed by atoms with E-state index in [4.69, 9.17) is 10.5 Å². The summed E-state index contributed by atoms with van der Waals surface area (Å²) in [6, 6.07) is 4.59. The molecule has 3 N–H and O–H groups in total. The summed E-state index contributed by atoms with van der Waals surface area (Å²) in [6.07, 6.45) is 5.96. The molecule has 0 spiro atoms. The van der Waals surface area contributed by atoms with Crippen LogP contribution in [-0.4, -0.2) is 33.1 Å². The number of anilines is 1. The van der Waals surface area contributed by atoms with Gasteiger partial charge < -0.3 is 10.5 Å². The summed E-state index contributed by atoms with van der Waals surface area (Å²) in [7, 11) is -2.14. The summed E-state index contributed by atoms with van der Waals surface area (Å²) >= 11 is 1.86. The maximum Gasteiger partial charge on any atom is 0.244 e. The van der Waals surface area contributed by atoms with E-state index in [1.807, 2.05) is 11.8 Å². The maximum atomic E-state index is 12.5. The van der Waals surface area contributed by atoms with E-state index in [1.54, 1.807) is 6.07 Å². The Morgan fingerprint density at radius 1 is 1.29 bits per heavy atom. The molecule has 0 radical (unpaired) electrons. The van der Waals surface area contributed by atoms with E-state index in [0.29, 0.717) is 10.9 Å². The van der Waals surface area contributed by atoms with Crippen molar-refractivity contribution in [1.82, 2.24) is 4.72 Å². The Balaban J connectivity index is 2.12. The average molecular weight is 330 g/mol. The Bertz CT molecular complexity index is 582. The van der Waals surface area contributed by atoms with Crippen LogP contribution in [0.3, 0.4) is 0 Å². The molecule has 1 saturated carbocycles. The van der Waals surface area contributed by atoms with Gasteiger partial charge in [-0.05, 0) is 44.1 Å². The smallest absolute Gasteiger partial charge is 0.244 e. The second kappa shape index (κ2) is 6.89. The number of thioether (sulfide) groups is 1. The SMILES string of the molecule is COc1cc(N)ccc1S(=O)(=O)NC1CCC(SC)CC1. The number of methoxy groups -OCH3 is 1. The van der Waals surface area contributed by atoms with Gasteiger partial charge in [-0.1, -0.05) is 0 Å². The van der Waals surface area contributed by atoms with Crippen molar-refractivity contribution in [3.05, 3.63) is 18.2 Å². The third-order valence-corrected chi connectivity index (χ3v) is 6.50. The van der Waals surface area contributed by atoms with Crippen LogP contribution in [0.1, 0.15) is 25.7 Å². The van der Waals surface area contributed by atoms with Gasteiger partial charge >= 0.3 is 0 Å². The van der Waals surface area contributed by atoms with Crippen molar-refractivity contribution in [1.29, 1.82) is 0 Å². The summed E-state index contributed by atoms with van der Waals surface area (Å²) in [5, 5.41) is 0.650. The van der Waals surface area contributed by atoms with E-state index in [0.717, 1.165) is 25.7 Å². The molecule has 0 saturated heterocycles. The Hall–Kier alpha value is -0.920. The molecule has 118 valence electrons. The van der Waals surface area contributed by atoms with Gasteiger partial charge in [-0.25, -0.2) is 13.1 Å².